The Bertz CT molecular complexity index is 479. The van der Waals surface area contributed by atoms with Gasteiger partial charge in [0.25, 0.3) is 5.91 Å². The van der Waals surface area contributed by atoms with Gasteiger partial charge >= 0.3 is 0 Å². The van der Waals surface area contributed by atoms with E-state index in [1.165, 1.54) is 0 Å². The van der Waals surface area contributed by atoms with Crippen molar-refractivity contribution in [3.63, 3.8) is 0 Å². The van der Waals surface area contributed by atoms with Crippen molar-refractivity contribution in [3.05, 3.63) is 11.9 Å². The number of nitrogens with zero attached hydrogens (tertiary/aromatic N) is 4. The first kappa shape index (κ1) is 12.5. The summed E-state index contributed by atoms with van der Waals surface area (Å²) in [6.45, 7) is 3.55. The number of hydrogen-bond acceptors (Lipinski definition) is 4. The summed E-state index contributed by atoms with van der Waals surface area (Å²) >= 11 is 0. The molecule has 2 rings (SSSR count). The van der Waals surface area contributed by atoms with Crippen molar-refractivity contribution in [1.82, 2.24) is 19.6 Å². The zero-order valence-corrected chi connectivity index (χ0v) is 10.5. The third-order valence-corrected chi connectivity index (χ3v) is 3.03. The van der Waals surface area contributed by atoms with Crippen molar-refractivity contribution >= 4 is 11.6 Å². The van der Waals surface area contributed by atoms with E-state index in [-0.39, 0.29) is 5.91 Å². The molecule has 0 atom stereocenters. The van der Waals surface area contributed by atoms with Crippen molar-refractivity contribution in [2.75, 3.05) is 38.5 Å². The molecule has 6 heteroatoms. The van der Waals surface area contributed by atoms with Gasteiger partial charge in [0.1, 0.15) is 0 Å². The lowest BCUT2D eigenvalue weighted by atomic mass is 10.2. The number of rotatable bonds is 2. The predicted molar refractivity (Wildman–Crippen MR) is 68.8 cm³/mol. The maximum atomic E-state index is 12.2. The van der Waals surface area contributed by atoms with E-state index >= 15 is 0 Å². The molecule has 1 saturated heterocycles. The Morgan fingerprint density at radius 1 is 1.50 bits per heavy atom. The van der Waals surface area contributed by atoms with Gasteiger partial charge in [0.15, 0.2) is 5.69 Å². The van der Waals surface area contributed by atoms with Crippen molar-refractivity contribution < 1.29 is 4.79 Å². The van der Waals surface area contributed by atoms with Crippen molar-refractivity contribution in [2.24, 2.45) is 7.05 Å². The van der Waals surface area contributed by atoms with Crippen molar-refractivity contribution in [1.29, 1.82) is 0 Å². The van der Waals surface area contributed by atoms with Gasteiger partial charge in [-0.05, 0) is 0 Å². The van der Waals surface area contributed by atoms with E-state index in [1.54, 1.807) is 22.8 Å². The number of aryl methyl sites for hydroxylation is 1. The van der Waals surface area contributed by atoms with Crippen LogP contribution in [0.4, 0.5) is 5.69 Å². The van der Waals surface area contributed by atoms with Gasteiger partial charge in [-0.15, -0.1) is 6.42 Å². The first-order valence-electron chi connectivity index (χ1n) is 5.86. The van der Waals surface area contributed by atoms with Crippen LogP contribution in [0.25, 0.3) is 0 Å². The van der Waals surface area contributed by atoms with E-state index in [0.29, 0.717) is 31.0 Å². The molecule has 2 heterocycles. The number of carbonyl (C=O) groups excluding carboxylic acids is 1. The number of anilines is 1. The molecule has 0 radical (unpaired) electrons. The van der Waals surface area contributed by atoms with Crippen LogP contribution in [-0.4, -0.2) is 58.2 Å². The van der Waals surface area contributed by atoms with Gasteiger partial charge in [-0.25, -0.2) is 0 Å². The van der Waals surface area contributed by atoms with E-state index in [2.05, 4.69) is 15.9 Å². The number of carbonyl (C=O) groups is 1. The summed E-state index contributed by atoms with van der Waals surface area (Å²) in [7, 11) is 1.75. The molecule has 0 bridgehead atoms. The second-order valence-corrected chi connectivity index (χ2v) is 4.38. The Balaban J connectivity index is 2.00. The average Bonchev–Trinajstić information content (AvgIpc) is 2.69. The Hall–Kier alpha value is -2.00. The van der Waals surface area contributed by atoms with Crippen LogP contribution >= 0.6 is 0 Å². The van der Waals surface area contributed by atoms with E-state index in [4.69, 9.17) is 12.2 Å². The lowest BCUT2D eigenvalue weighted by molar-refractivity contribution is 0.0646. The molecular formula is C12H17N5O. The number of amides is 1. The number of hydrogen-bond donors (Lipinski definition) is 1. The van der Waals surface area contributed by atoms with Crippen LogP contribution in [0.1, 0.15) is 10.5 Å². The summed E-state index contributed by atoms with van der Waals surface area (Å²) in [6, 6.07) is 0. The molecule has 0 spiro atoms. The third kappa shape index (κ3) is 2.46. The zero-order chi connectivity index (χ0) is 13.1. The zero-order valence-electron chi connectivity index (χ0n) is 10.5. The fraction of sp³-hybridized carbons (Fsp3) is 0.500. The highest BCUT2D eigenvalue weighted by Gasteiger charge is 2.24. The van der Waals surface area contributed by atoms with Crippen molar-refractivity contribution in [3.8, 4) is 12.3 Å². The van der Waals surface area contributed by atoms with E-state index in [0.717, 1.165) is 13.1 Å². The summed E-state index contributed by atoms with van der Waals surface area (Å²) < 4.78 is 1.55. The van der Waals surface area contributed by atoms with E-state index in [9.17, 15) is 4.79 Å². The van der Waals surface area contributed by atoms with Gasteiger partial charge in [0.05, 0.1) is 12.2 Å². The molecule has 1 aliphatic rings. The molecule has 6 nitrogen and oxygen atoms in total. The SMILES string of the molecule is C#CCN1CCN(C(=O)c2nn(C)cc2N)CC1. The van der Waals surface area contributed by atoms with Gasteiger partial charge in [-0.1, -0.05) is 5.92 Å². The smallest absolute Gasteiger partial charge is 0.276 e. The second-order valence-electron chi connectivity index (χ2n) is 4.38. The summed E-state index contributed by atoms with van der Waals surface area (Å²) in [5, 5.41) is 4.10. The molecular weight excluding hydrogens is 230 g/mol. The van der Waals surface area contributed by atoms with Gasteiger partial charge in [-0.3, -0.25) is 14.4 Å². The van der Waals surface area contributed by atoms with E-state index < -0.39 is 0 Å². The minimum atomic E-state index is -0.103. The number of piperazine rings is 1. The maximum absolute atomic E-state index is 12.2. The quantitative estimate of drug-likeness (QED) is 0.708. The predicted octanol–water partition coefficient (Wildman–Crippen LogP) is -0.607. The van der Waals surface area contributed by atoms with Gasteiger partial charge in [-0.2, -0.15) is 5.10 Å². The molecule has 2 N–H and O–H groups in total. The first-order valence-corrected chi connectivity index (χ1v) is 5.86. The minimum absolute atomic E-state index is 0.103. The normalized spacial score (nSPS) is 16.6. The molecule has 1 amide bonds. The van der Waals surface area contributed by atoms with E-state index in [1.807, 2.05) is 0 Å². The van der Waals surface area contributed by atoms with Crippen LogP contribution in [0.2, 0.25) is 0 Å². The molecule has 0 saturated carbocycles. The van der Waals surface area contributed by atoms with Gasteiger partial charge in [0, 0.05) is 39.4 Å². The maximum Gasteiger partial charge on any atom is 0.276 e. The molecule has 96 valence electrons. The molecule has 1 aliphatic heterocycles. The fourth-order valence-corrected chi connectivity index (χ4v) is 2.06. The summed E-state index contributed by atoms with van der Waals surface area (Å²) in [4.78, 5) is 16.1. The Labute approximate surface area is 106 Å². The highest BCUT2D eigenvalue weighted by Crippen LogP contribution is 2.13. The second kappa shape index (κ2) is 5.10. The van der Waals surface area contributed by atoms with Gasteiger partial charge in [0.2, 0.25) is 0 Å². The fourth-order valence-electron chi connectivity index (χ4n) is 2.06. The Kier molecular flexibility index (Phi) is 3.53. The van der Waals surface area contributed by atoms with Crippen LogP contribution < -0.4 is 5.73 Å². The molecule has 0 aromatic carbocycles. The van der Waals surface area contributed by atoms with Crippen LogP contribution in [-0.2, 0) is 7.05 Å². The summed E-state index contributed by atoms with van der Waals surface area (Å²) in [5.41, 5.74) is 6.52. The molecule has 0 unspecified atom stereocenters. The highest BCUT2D eigenvalue weighted by molar-refractivity contribution is 5.97. The number of nitrogen functional groups attached to an aromatic ring is 1. The van der Waals surface area contributed by atoms with Gasteiger partial charge < -0.3 is 10.6 Å². The lowest BCUT2D eigenvalue weighted by Crippen LogP contribution is -2.48. The van der Waals surface area contributed by atoms with Crippen molar-refractivity contribution in [2.45, 2.75) is 0 Å². The van der Waals surface area contributed by atoms with Crippen LogP contribution in [0.5, 0.6) is 0 Å². The largest absolute Gasteiger partial charge is 0.396 e. The Morgan fingerprint density at radius 3 is 2.67 bits per heavy atom. The highest BCUT2D eigenvalue weighted by atomic mass is 16.2. The molecule has 1 aromatic heterocycles. The molecule has 18 heavy (non-hydrogen) atoms. The number of terminal acetylenes is 1. The minimum Gasteiger partial charge on any atom is -0.396 e. The van der Waals surface area contributed by atoms with Crippen LogP contribution in [0.15, 0.2) is 6.20 Å². The number of aromatic nitrogens is 2. The van der Waals surface area contributed by atoms with Crippen LogP contribution in [0.3, 0.4) is 0 Å². The molecule has 0 aliphatic carbocycles. The monoisotopic (exact) mass is 247 g/mol. The van der Waals surface area contributed by atoms with Crippen LogP contribution in [0, 0.1) is 12.3 Å². The summed E-state index contributed by atoms with van der Waals surface area (Å²) in [5.74, 6) is 2.51. The third-order valence-electron chi connectivity index (χ3n) is 3.03. The standard InChI is InChI=1S/C12H17N5O/c1-3-4-16-5-7-17(8-6-16)12(18)11-10(13)9-15(2)14-11/h1,9H,4-8,13H2,2H3. The lowest BCUT2D eigenvalue weighted by Gasteiger charge is -2.33. The average molecular weight is 247 g/mol. The Morgan fingerprint density at radius 2 is 2.17 bits per heavy atom. The summed E-state index contributed by atoms with van der Waals surface area (Å²) in [6.07, 6.45) is 6.91. The first-order chi connectivity index (χ1) is 8.61. The topological polar surface area (TPSA) is 67.4 Å². The number of nitrogens with two attached hydrogens (primary N) is 1. The molecule has 1 aromatic rings. The molecule has 1 fully saturated rings.